The first kappa shape index (κ1) is 18.3. The van der Waals surface area contributed by atoms with Crippen molar-refractivity contribution < 1.29 is 28.4 Å². The largest absolute Gasteiger partial charge is 0.483 e. The van der Waals surface area contributed by atoms with E-state index in [1.165, 1.54) is 0 Å². The molecular formula is C27H31N3O5. The SMILES string of the molecule is [2H]C([2H])([2H])O[C@H]1c2c(n(O)c3c4c(ccc23)OC(C)(C)C=C4)C(C)(C)C2CC34CCCN3C(=O)[C@]21NC4=O. The standard InChI is InChI=1S/C27H31N3O5/c1-24(2)11-9-14-16(35-24)8-7-15-18-20(30(33)19(14)15)25(3,4)17-13-26-10-6-12-29(26)23(32)27(17,21(18)34-5)28-22(26)31/h7-9,11,17,21,33H,6,10,12-13H2,1-5H3,(H,28,31)/t17?,21-,26?,27-/m0/s1/i5D3. The fourth-order valence-electron chi connectivity index (χ4n) is 7.89. The van der Waals surface area contributed by atoms with Crippen molar-refractivity contribution in [3.05, 3.63) is 35.0 Å². The molecule has 8 rings (SSSR count). The molecule has 4 fully saturated rings. The van der Waals surface area contributed by atoms with Crippen molar-refractivity contribution in [1.29, 1.82) is 0 Å². The van der Waals surface area contributed by atoms with E-state index in [4.69, 9.17) is 13.6 Å². The number of ether oxygens (including phenoxy) is 2. The highest BCUT2D eigenvalue weighted by molar-refractivity contribution is 6.07. The lowest BCUT2D eigenvalue weighted by Crippen LogP contribution is -2.85. The van der Waals surface area contributed by atoms with Crippen molar-refractivity contribution in [2.75, 3.05) is 13.6 Å². The van der Waals surface area contributed by atoms with E-state index < -0.39 is 41.2 Å². The first-order valence-electron chi connectivity index (χ1n) is 13.8. The summed E-state index contributed by atoms with van der Waals surface area (Å²) in [4.78, 5) is 29.6. The highest BCUT2D eigenvalue weighted by atomic mass is 16.5. The number of rotatable bonds is 1. The van der Waals surface area contributed by atoms with E-state index in [1.54, 1.807) is 17.0 Å². The van der Waals surface area contributed by atoms with Crippen LogP contribution < -0.4 is 10.1 Å². The highest BCUT2D eigenvalue weighted by Crippen LogP contribution is 2.63. The Morgan fingerprint density at radius 1 is 1.26 bits per heavy atom. The van der Waals surface area contributed by atoms with Gasteiger partial charge in [-0.1, -0.05) is 13.8 Å². The fourth-order valence-corrected chi connectivity index (χ4v) is 7.89. The Kier molecular flexibility index (Phi) is 3.15. The van der Waals surface area contributed by atoms with Crippen LogP contribution in [0.1, 0.15) is 74.0 Å². The van der Waals surface area contributed by atoms with Gasteiger partial charge in [-0.3, -0.25) is 9.59 Å². The lowest BCUT2D eigenvalue weighted by molar-refractivity contribution is -0.193. The van der Waals surface area contributed by atoms with Crippen LogP contribution in [-0.4, -0.2) is 56.9 Å². The number of piperazine rings is 1. The van der Waals surface area contributed by atoms with Crippen LogP contribution in [0, 0.1) is 5.92 Å². The predicted molar refractivity (Wildman–Crippen MR) is 128 cm³/mol. The van der Waals surface area contributed by atoms with Crippen molar-refractivity contribution in [2.45, 2.75) is 75.2 Å². The van der Waals surface area contributed by atoms with Gasteiger partial charge in [-0.2, -0.15) is 4.73 Å². The van der Waals surface area contributed by atoms with Crippen LogP contribution in [0.2, 0.25) is 0 Å². The molecule has 2 amide bonds. The van der Waals surface area contributed by atoms with Gasteiger partial charge < -0.3 is 24.9 Å². The number of amides is 2. The molecule has 2 bridgehead atoms. The zero-order valence-corrected chi connectivity index (χ0v) is 20.3. The lowest BCUT2D eigenvalue weighted by Gasteiger charge is -2.65. The summed E-state index contributed by atoms with van der Waals surface area (Å²) in [5, 5.41) is 15.4. The van der Waals surface area contributed by atoms with E-state index in [9.17, 15) is 14.8 Å². The number of aromatic nitrogens is 1. The van der Waals surface area contributed by atoms with Crippen molar-refractivity contribution in [2.24, 2.45) is 5.92 Å². The second-order valence-electron chi connectivity index (χ2n) is 11.9. The Balaban J connectivity index is 1.56. The van der Waals surface area contributed by atoms with Crippen LogP contribution in [0.5, 0.6) is 5.75 Å². The van der Waals surface area contributed by atoms with Crippen LogP contribution in [-0.2, 0) is 19.7 Å². The summed E-state index contributed by atoms with van der Waals surface area (Å²) in [6, 6.07) is 3.57. The average molecular weight is 481 g/mol. The average Bonchev–Trinajstić information content (AvgIpc) is 3.37. The number of hydrogen-bond acceptors (Lipinski definition) is 5. The number of piperidine rings is 2. The van der Waals surface area contributed by atoms with Crippen molar-refractivity contribution in [3.8, 4) is 5.75 Å². The quantitative estimate of drug-likeness (QED) is 0.611. The maximum atomic E-state index is 14.4. The number of carbonyl (C=O) groups is 2. The Hall–Kier alpha value is -3.00. The van der Waals surface area contributed by atoms with Crippen LogP contribution >= 0.6 is 0 Å². The molecule has 6 heterocycles. The van der Waals surface area contributed by atoms with Crippen LogP contribution in [0.15, 0.2) is 18.2 Å². The van der Waals surface area contributed by atoms with Gasteiger partial charge in [0.1, 0.15) is 23.0 Å². The van der Waals surface area contributed by atoms with Crippen molar-refractivity contribution in [1.82, 2.24) is 14.9 Å². The minimum absolute atomic E-state index is 0.257. The van der Waals surface area contributed by atoms with Gasteiger partial charge in [-0.25, -0.2) is 0 Å². The lowest BCUT2D eigenvalue weighted by atomic mass is 9.50. The van der Waals surface area contributed by atoms with E-state index in [2.05, 4.69) is 5.32 Å². The van der Waals surface area contributed by atoms with E-state index in [-0.39, 0.29) is 11.8 Å². The normalized spacial score (nSPS) is 36.9. The molecule has 1 aromatic heterocycles. The van der Waals surface area contributed by atoms with Gasteiger partial charge in [0.05, 0.1) is 15.3 Å². The second-order valence-corrected chi connectivity index (χ2v) is 11.9. The van der Waals surface area contributed by atoms with Gasteiger partial charge in [0, 0.05) is 41.4 Å². The first-order chi connectivity index (χ1) is 17.6. The molecule has 0 radical (unpaired) electrons. The molecule has 2 spiro atoms. The number of methoxy groups -OCH3 is 1. The summed E-state index contributed by atoms with van der Waals surface area (Å²) in [6.07, 6.45) is 4.08. The van der Waals surface area contributed by atoms with Crippen LogP contribution in [0.3, 0.4) is 0 Å². The zero-order chi connectivity index (χ0) is 27.2. The molecule has 4 atom stereocenters. The third kappa shape index (κ3) is 2.15. The second kappa shape index (κ2) is 6.03. The minimum Gasteiger partial charge on any atom is -0.483 e. The predicted octanol–water partition coefficient (Wildman–Crippen LogP) is 3.29. The Bertz CT molecular complexity index is 1490. The summed E-state index contributed by atoms with van der Waals surface area (Å²) < 4.78 is 37.2. The summed E-state index contributed by atoms with van der Waals surface area (Å²) in [6.45, 7) is 8.22. The molecule has 2 N–H and O–H groups in total. The molecule has 5 aliphatic heterocycles. The molecule has 184 valence electrons. The first-order valence-corrected chi connectivity index (χ1v) is 12.3. The van der Waals surface area contributed by atoms with Crippen LogP contribution in [0.25, 0.3) is 17.0 Å². The summed E-state index contributed by atoms with van der Waals surface area (Å²) >= 11 is 0. The summed E-state index contributed by atoms with van der Waals surface area (Å²) in [7, 11) is -2.87. The Morgan fingerprint density at radius 2 is 2.06 bits per heavy atom. The maximum Gasteiger partial charge on any atom is 0.252 e. The number of nitrogens with zero attached hydrogens (tertiary/aromatic N) is 2. The molecule has 8 heteroatoms. The number of carbonyl (C=O) groups excluding carboxylic acids is 2. The number of fused-ring (bicyclic) bond motifs is 6. The van der Waals surface area contributed by atoms with Crippen molar-refractivity contribution in [3.63, 3.8) is 0 Å². The van der Waals surface area contributed by atoms with E-state index in [0.29, 0.717) is 59.3 Å². The Morgan fingerprint density at radius 3 is 2.83 bits per heavy atom. The molecule has 0 saturated carbocycles. The third-order valence-corrected chi connectivity index (χ3v) is 9.37. The number of benzene rings is 1. The molecule has 6 aliphatic rings. The molecule has 35 heavy (non-hydrogen) atoms. The van der Waals surface area contributed by atoms with Gasteiger partial charge in [0.2, 0.25) is 5.91 Å². The van der Waals surface area contributed by atoms with E-state index >= 15 is 0 Å². The zero-order valence-electron chi connectivity index (χ0n) is 23.3. The fraction of sp³-hybridized carbons (Fsp3) is 0.556. The molecule has 4 saturated heterocycles. The van der Waals surface area contributed by atoms with E-state index in [1.807, 2.05) is 39.8 Å². The van der Waals surface area contributed by atoms with Gasteiger partial charge >= 0.3 is 0 Å². The summed E-state index contributed by atoms with van der Waals surface area (Å²) in [5.41, 5.74) is -1.94. The molecule has 1 aromatic carbocycles. The van der Waals surface area contributed by atoms with Gasteiger partial charge in [0.25, 0.3) is 5.91 Å². The monoisotopic (exact) mass is 480 g/mol. The van der Waals surface area contributed by atoms with Crippen molar-refractivity contribution >= 4 is 28.8 Å². The molecule has 8 nitrogen and oxygen atoms in total. The number of nitrogens with one attached hydrogen (secondary N) is 1. The van der Waals surface area contributed by atoms with Gasteiger partial charge in [-0.15, -0.1) is 0 Å². The third-order valence-electron chi connectivity index (χ3n) is 9.37. The number of hydrogen-bond donors (Lipinski definition) is 2. The smallest absolute Gasteiger partial charge is 0.252 e. The Labute approximate surface area is 208 Å². The topological polar surface area (TPSA) is 93.0 Å². The maximum absolute atomic E-state index is 14.4. The molecule has 1 aliphatic carbocycles. The van der Waals surface area contributed by atoms with Crippen LogP contribution in [0.4, 0.5) is 0 Å². The molecule has 2 unspecified atom stereocenters. The van der Waals surface area contributed by atoms with E-state index in [0.717, 1.165) is 4.73 Å². The molecular weight excluding hydrogens is 446 g/mol. The van der Waals surface area contributed by atoms with Gasteiger partial charge in [0.15, 0.2) is 5.54 Å². The minimum atomic E-state index is -2.87. The highest BCUT2D eigenvalue weighted by Gasteiger charge is 2.76. The summed E-state index contributed by atoms with van der Waals surface area (Å²) in [5.74, 6) is -0.485. The van der Waals surface area contributed by atoms with Gasteiger partial charge in [-0.05, 0) is 57.4 Å². The molecule has 2 aromatic rings.